The van der Waals surface area contributed by atoms with Crippen molar-refractivity contribution >= 4 is 26.0 Å². The van der Waals surface area contributed by atoms with Crippen LogP contribution >= 0.6 is 15.9 Å². The van der Waals surface area contributed by atoms with E-state index in [-0.39, 0.29) is 0 Å². The monoisotopic (exact) mass is 320 g/mol. The maximum atomic E-state index is 11.8. The molecule has 0 amide bonds. The SMILES string of the molecule is CCNCc1cc(Br)c(C)c(S(=O)(=O)NC)c1. The number of hydrogen-bond donors (Lipinski definition) is 2. The fourth-order valence-electron chi connectivity index (χ4n) is 1.47. The summed E-state index contributed by atoms with van der Waals surface area (Å²) in [5, 5.41) is 3.17. The first kappa shape index (κ1) is 14.6. The molecule has 0 saturated carbocycles. The minimum absolute atomic E-state index is 0.322. The first-order valence-corrected chi connectivity index (χ1v) is 7.63. The largest absolute Gasteiger partial charge is 0.313 e. The van der Waals surface area contributed by atoms with Crippen LogP contribution < -0.4 is 10.0 Å². The van der Waals surface area contributed by atoms with Crippen molar-refractivity contribution in [3.8, 4) is 0 Å². The molecule has 0 spiro atoms. The topological polar surface area (TPSA) is 58.2 Å². The van der Waals surface area contributed by atoms with Gasteiger partial charge in [0.05, 0.1) is 4.90 Å². The molecule has 6 heteroatoms. The van der Waals surface area contributed by atoms with Gasteiger partial charge in [-0.3, -0.25) is 0 Å². The predicted octanol–water partition coefficient (Wildman–Crippen LogP) is 1.78. The molecule has 17 heavy (non-hydrogen) atoms. The zero-order chi connectivity index (χ0) is 13.1. The standard InChI is InChI=1S/C11H17BrN2O2S/c1-4-14-7-9-5-10(12)8(2)11(6-9)17(15,16)13-3/h5-6,13-14H,4,7H2,1-3H3. The summed E-state index contributed by atoms with van der Waals surface area (Å²) in [6.45, 7) is 5.29. The second-order valence-corrected chi connectivity index (χ2v) is 6.40. The van der Waals surface area contributed by atoms with Crippen LogP contribution in [0.5, 0.6) is 0 Å². The Kier molecular flexibility index (Phi) is 5.12. The highest BCUT2D eigenvalue weighted by molar-refractivity contribution is 9.10. The summed E-state index contributed by atoms with van der Waals surface area (Å²) >= 11 is 3.39. The van der Waals surface area contributed by atoms with Gasteiger partial charge < -0.3 is 5.32 Å². The maximum absolute atomic E-state index is 11.8. The zero-order valence-electron chi connectivity index (χ0n) is 10.2. The molecule has 96 valence electrons. The number of sulfonamides is 1. The Labute approximate surface area is 111 Å². The van der Waals surface area contributed by atoms with Gasteiger partial charge in [0.2, 0.25) is 10.0 Å². The van der Waals surface area contributed by atoms with E-state index in [0.717, 1.165) is 22.1 Å². The summed E-state index contributed by atoms with van der Waals surface area (Å²) in [5.74, 6) is 0. The van der Waals surface area contributed by atoms with Gasteiger partial charge in [-0.15, -0.1) is 0 Å². The van der Waals surface area contributed by atoms with Crippen molar-refractivity contribution in [2.75, 3.05) is 13.6 Å². The summed E-state index contributed by atoms with van der Waals surface area (Å²) in [6.07, 6.45) is 0. The highest BCUT2D eigenvalue weighted by Gasteiger charge is 2.17. The Hall–Kier alpha value is -0.430. The molecule has 1 rings (SSSR count). The van der Waals surface area contributed by atoms with Crippen molar-refractivity contribution in [2.24, 2.45) is 0 Å². The van der Waals surface area contributed by atoms with Crippen molar-refractivity contribution in [1.29, 1.82) is 0 Å². The van der Waals surface area contributed by atoms with E-state index < -0.39 is 10.0 Å². The molecule has 0 saturated heterocycles. The number of nitrogens with one attached hydrogen (secondary N) is 2. The van der Waals surface area contributed by atoms with Crippen molar-refractivity contribution in [1.82, 2.24) is 10.0 Å². The molecule has 1 aromatic carbocycles. The Balaban J connectivity index is 3.25. The lowest BCUT2D eigenvalue weighted by atomic mass is 10.1. The summed E-state index contributed by atoms with van der Waals surface area (Å²) in [6, 6.07) is 3.64. The molecule has 2 N–H and O–H groups in total. The van der Waals surface area contributed by atoms with Crippen molar-refractivity contribution < 1.29 is 8.42 Å². The third kappa shape index (κ3) is 3.51. The summed E-state index contributed by atoms with van der Waals surface area (Å²) in [5.41, 5.74) is 1.66. The molecule has 0 heterocycles. The van der Waals surface area contributed by atoms with Gasteiger partial charge in [0, 0.05) is 11.0 Å². The van der Waals surface area contributed by atoms with Gasteiger partial charge in [-0.2, -0.15) is 0 Å². The second kappa shape index (κ2) is 5.95. The van der Waals surface area contributed by atoms with Crippen LogP contribution in [0.3, 0.4) is 0 Å². The minimum Gasteiger partial charge on any atom is -0.313 e. The average Bonchev–Trinajstić information content (AvgIpc) is 2.30. The Morgan fingerprint density at radius 2 is 2.00 bits per heavy atom. The lowest BCUT2D eigenvalue weighted by Crippen LogP contribution is -2.20. The van der Waals surface area contributed by atoms with Gasteiger partial charge in [-0.05, 0) is 43.8 Å². The molecule has 0 radical (unpaired) electrons. The van der Waals surface area contributed by atoms with E-state index in [0.29, 0.717) is 11.4 Å². The number of benzene rings is 1. The Morgan fingerprint density at radius 1 is 1.35 bits per heavy atom. The molecule has 0 aromatic heterocycles. The maximum Gasteiger partial charge on any atom is 0.240 e. The van der Waals surface area contributed by atoms with Crippen LogP contribution in [0, 0.1) is 6.92 Å². The molecule has 0 unspecified atom stereocenters. The van der Waals surface area contributed by atoms with Crippen molar-refractivity contribution in [3.63, 3.8) is 0 Å². The third-order valence-electron chi connectivity index (χ3n) is 2.49. The van der Waals surface area contributed by atoms with Crippen molar-refractivity contribution in [2.45, 2.75) is 25.3 Å². The Bertz CT molecular complexity index is 500. The molecular formula is C11H17BrN2O2S. The number of rotatable bonds is 5. The predicted molar refractivity (Wildman–Crippen MR) is 72.5 cm³/mol. The van der Waals surface area contributed by atoms with Crippen molar-refractivity contribution in [3.05, 3.63) is 27.7 Å². The van der Waals surface area contributed by atoms with E-state index in [1.54, 1.807) is 13.0 Å². The van der Waals surface area contributed by atoms with Gasteiger partial charge in [0.1, 0.15) is 0 Å². The first-order valence-electron chi connectivity index (χ1n) is 5.35. The molecule has 0 aliphatic rings. The minimum atomic E-state index is -3.41. The molecular weight excluding hydrogens is 304 g/mol. The van der Waals surface area contributed by atoms with Crippen LogP contribution in [-0.2, 0) is 16.6 Å². The highest BCUT2D eigenvalue weighted by atomic mass is 79.9. The summed E-state index contributed by atoms with van der Waals surface area (Å²) < 4.78 is 26.8. The smallest absolute Gasteiger partial charge is 0.240 e. The first-order chi connectivity index (χ1) is 7.92. The lowest BCUT2D eigenvalue weighted by Gasteiger charge is -2.11. The second-order valence-electron chi connectivity index (χ2n) is 3.69. The van der Waals surface area contributed by atoms with Crippen LogP contribution in [0.25, 0.3) is 0 Å². The zero-order valence-corrected chi connectivity index (χ0v) is 12.6. The van der Waals surface area contributed by atoms with E-state index in [4.69, 9.17) is 0 Å². The van der Waals surface area contributed by atoms with Crippen LogP contribution in [0.4, 0.5) is 0 Å². The average molecular weight is 321 g/mol. The van der Waals surface area contributed by atoms with E-state index in [1.165, 1.54) is 7.05 Å². The molecule has 1 aromatic rings. The number of hydrogen-bond acceptors (Lipinski definition) is 3. The van der Waals surface area contributed by atoms with Crippen LogP contribution in [0.2, 0.25) is 0 Å². The van der Waals surface area contributed by atoms with Gasteiger partial charge in [-0.25, -0.2) is 13.1 Å². The van der Waals surface area contributed by atoms with Crippen LogP contribution in [-0.4, -0.2) is 22.0 Å². The van der Waals surface area contributed by atoms with E-state index in [1.807, 2.05) is 13.0 Å². The molecule has 0 aliphatic heterocycles. The molecule has 0 aliphatic carbocycles. The lowest BCUT2D eigenvalue weighted by molar-refractivity contribution is 0.587. The summed E-state index contributed by atoms with van der Waals surface area (Å²) in [7, 11) is -1.99. The molecule has 4 nitrogen and oxygen atoms in total. The molecule has 0 fully saturated rings. The third-order valence-corrected chi connectivity index (χ3v) is 4.86. The Morgan fingerprint density at radius 3 is 2.53 bits per heavy atom. The van der Waals surface area contributed by atoms with E-state index >= 15 is 0 Å². The van der Waals surface area contributed by atoms with Gasteiger partial charge in [-0.1, -0.05) is 22.9 Å². The van der Waals surface area contributed by atoms with Gasteiger partial charge in [0.25, 0.3) is 0 Å². The van der Waals surface area contributed by atoms with E-state index in [2.05, 4.69) is 26.0 Å². The fraction of sp³-hybridized carbons (Fsp3) is 0.455. The number of halogens is 1. The van der Waals surface area contributed by atoms with Crippen LogP contribution in [0.1, 0.15) is 18.1 Å². The van der Waals surface area contributed by atoms with Gasteiger partial charge in [0.15, 0.2) is 0 Å². The quantitative estimate of drug-likeness (QED) is 0.869. The summed E-state index contributed by atoms with van der Waals surface area (Å²) in [4.78, 5) is 0.322. The van der Waals surface area contributed by atoms with Crippen LogP contribution in [0.15, 0.2) is 21.5 Å². The van der Waals surface area contributed by atoms with E-state index in [9.17, 15) is 8.42 Å². The highest BCUT2D eigenvalue weighted by Crippen LogP contribution is 2.25. The molecule has 0 atom stereocenters. The van der Waals surface area contributed by atoms with Gasteiger partial charge >= 0.3 is 0 Å². The fourth-order valence-corrected chi connectivity index (χ4v) is 3.15. The normalized spacial score (nSPS) is 11.8. The molecule has 0 bridgehead atoms.